The highest BCUT2D eigenvalue weighted by Crippen LogP contribution is 2.34. The quantitative estimate of drug-likeness (QED) is 0.778. The van der Waals surface area contributed by atoms with Gasteiger partial charge in [-0.15, -0.1) is 11.8 Å². The van der Waals surface area contributed by atoms with Crippen molar-refractivity contribution in [1.29, 1.82) is 0 Å². The summed E-state index contributed by atoms with van der Waals surface area (Å²) in [6.07, 6.45) is 2.32. The van der Waals surface area contributed by atoms with Gasteiger partial charge < -0.3 is 4.90 Å². The van der Waals surface area contributed by atoms with Crippen molar-refractivity contribution in [3.05, 3.63) is 0 Å². The van der Waals surface area contributed by atoms with Gasteiger partial charge in [0, 0.05) is 24.7 Å². The summed E-state index contributed by atoms with van der Waals surface area (Å²) in [5, 5.41) is 3.27. The maximum absolute atomic E-state index is 12.2. The monoisotopic (exact) mass is 256 g/mol. The normalized spacial score (nSPS) is 27.5. The van der Waals surface area contributed by atoms with Gasteiger partial charge in [0.1, 0.15) is 0 Å². The number of hydrogen-bond donors (Lipinski definition) is 1. The molecule has 0 aromatic heterocycles. The fraction of sp³-hybridized carbons (Fsp3) is 0.923. The van der Waals surface area contributed by atoms with E-state index in [0.29, 0.717) is 11.3 Å². The van der Waals surface area contributed by atoms with Gasteiger partial charge >= 0.3 is 0 Å². The fourth-order valence-electron chi connectivity index (χ4n) is 2.74. The molecular weight excluding hydrogens is 232 g/mol. The van der Waals surface area contributed by atoms with Crippen molar-refractivity contribution in [2.75, 3.05) is 24.7 Å². The lowest BCUT2D eigenvalue weighted by atomic mass is 9.75. The summed E-state index contributed by atoms with van der Waals surface area (Å²) in [6.45, 7) is 8.83. The van der Waals surface area contributed by atoms with Gasteiger partial charge in [0.2, 0.25) is 5.91 Å². The molecule has 1 amide bonds. The van der Waals surface area contributed by atoms with Crippen LogP contribution in [0.1, 0.15) is 33.6 Å². The summed E-state index contributed by atoms with van der Waals surface area (Å²) in [7, 11) is 0. The lowest BCUT2D eigenvalue weighted by Crippen LogP contribution is -2.49. The average Bonchev–Trinajstić information content (AvgIpc) is 2.80. The van der Waals surface area contributed by atoms with Gasteiger partial charge in [-0.25, -0.2) is 0 Å². The molecule has 2 aliphatic heterocycles. The second-order valence-electron chi connectivity index (χ2n) is 6.24. The third-order valence-electron chi connectivity index (χ3n) is 4.05. The summed E-state index contributed by atoms with van der Waals surface area (Å²) < 4.78 is 0. The minimum absolute atomic E-state index is 0.0752. The molecule has 0 bridgehead atoms. The minimum atomic E-state index is 0.0752. The number of likely N-dealkylation sites (tertiary alicyclic amines) is 1. The summed E-state index contributed by atoms with van der Waals surface area (Å²) in [4.78, 5) is 14.3. The molecule has 3 nitrogen and oxygen atoms in total. The molecule has 0 aromatic rings. The highest BCUT2D eigenvalue weighted by molar-refractivity contribution is 7.99. The molecule has 2 heterocycles. The number of thioether (sulfide) groups is 1. The van der Waals surface area contributed by atoms with Gasteiger partial charge in [-0.3, -0.25) is 10.1 Å². The van der Waals surface area contributed by atoms with Crippen molar-refractivity contribution >= 4 is 17.7 Å². The topological polar surface area (TPSA) is 32.3 Å². The van der Waals surface area contributed by atoms with E-state index in [-0.39, 0.29) is 6.04 Å². The molecule has 1 N–H and O–H groups in total. The number of piperidine rings is 1. The second kappa shape index (κ2) is 5.19. The summed E-state index contributed by atoms with van der Waals surface area (Å²) in [5.41, 5.74) is 0.386. The van der Waals surface area contributed by atoms with E-state index >= 15 is 0 Å². The van der Waals surface area contributed by atoms with E-state index in [0.717, 1.165) is 43.5 Å². The fourth-order valence-corrected chi connectivity index (χ4v) is 3.67. The Kier molecular flexibility index (Phi) is 4.03. The van der Waals surface area contributed by atoms with Crippen LogP contribution in [-0.2, 0) is 4.79 Å². The lowest BCUT2D eigenvalue weighted by molar-refractivity contribution is -0.134. The van der Waals surface area contributed by atoms with Crippen LogP contribution in [-0.4, -0.2) is 41.6 Å². The van der Waals surface area contributed by atoms with Gasteiger partial charge in [0.15, 0.2) is 0 Å². The number of rotatable bonds is 1. The maximum Gasteiger partial charge on any atom is 0.240 e. The maximum atomic E-state index is 12.2. The number of nitrogens with one attached hydrogen (secondary N) is 1. The Balaban J connectivity index is 1.84. The number of carbonyl (C=O) groups is 1. The smallest absolute Gasteiger partial charge is 0.240 e. The van der Waals surface area contributed by atoms with Gasteiger partial charge in [-0.05, 0) is 24.2 Å². The van der Waals surface area contributed by atoms with Crippen LogP contribution in [0.3, 0.4) is 0 Å². The SMILES string of the molecule is CC(C)(C)C1CCN(C(=O)C2CSCN2)CC1. The van der Waals surface area contributed by atoms with E-state index in [2.05, 4.69) is 31.0 Å². The molecule has 2 fully saturated rings. The lowest BCUT2D eigenvalue weighted by Gasteiger charge is -2.39. The number of hydrogen-bond acceptors (Lipinski definition) is 3. The van der Waals surface area contributed by atoms with Crippen molar-refractivity contribution < 1.29 is 4.79 Å². The highest BCUT2D eigenvalue weighted by Gasteiger charge is 2.33. The van der Waals surface area contributed by atoms with Crippen LogP contribution in [0, 0.1) is 11.3 Å². The molecule has 98 valence electrons. The molecule has 1 atom stereocenters. The van der Waals surface area contributed by atoms with E-state index in [1.807, 2.05) is 11.8 Å². The van der Waals surface area contributed by atoms with E-state index in [1.165, 1.54) is 0 Å². The van der Waals surface area contributed by atoms with Gasteiger partial charge in [0.25, 0.3) is 0 Å². The predicted octanol–water partition coefficient (Wildman–Crippen LogP) is 1.93. The zero-order valence-electron chi connectivity index (χ0n) is 11.2. The van der Waals surface area contributed by atoms with Crippen LogP contribution in [0.5, 0.6) is 0 Å². The van der Waals surface area contributed by atoms with Crippen molar-refractivity contribution in [3.63, 3.8) is 0 Å². The van der Waals surface area contributed by atoms with E-state index in [9.17, 15) is 4.79 Å². The van der Waals surface area contributed by atoms with Crippen LogP contribution in [0.4, 0.5) is 0 Å². The Hall–Kier alpha value is -0.220. The molecule has 4 heteroatoms. The Morgan fingerprint density at radius 1 is 1.29 bits per heavy atom. The van der Waals surface area contributed by atoms with Crippen LogP contribution in [0.2, 0.25) is 0 Å². The Morgan fingerprint density at radius 2 is 1.94 bits per heavy atom. The third kappa shape index (κ3) is 3.16. The first-order chi connectivity index (χ1) is 7.98. The summed E-state index contributed by atoms with van der Waals surface area (Å²) in [5.74, 6) is 2.95. The highest BCUT2D eigenvalue weighted by atomic mass is 32.2. The first kappa shape index (κ1) is 13.2. The second-order valence-corrected chi connectivity index (χ2v) is 7.27. The van der Waals surface area contributed by atoms with Crippen LogP contribution in [0.15, 0.2) is 0 Å². The zero-order chi connectivity index (χ0) is 12.5. The molecule has 0 aliphatic carbocycles. The molecule has 0 radical (unpaired) electrons. The predicted molar refractivity (Wildman–Crippen MR) is 73.0 cm³/mol. The number of carbonyl (C=O) groups excluding carboxylic acids is 1. The van der Waals surface area contributed by atoms with Crippen molar-refractivity contribution in [2.45, 2.75) is 39.7 Å². The number of amides is 1. The van der Waals surface area contributed by atoms with E-state index < -0.39 is 0 Å². The molecule has 0 saturated carbocycles. The van der Waals surface area contributed by atoms with E-state index in [1.54, 1.807) is 0 Å². The molecular formula is C13H24N2OS. The summed E-state index contributed by atoms with van der Waals surface area (Å²) >= 11 is 1.82. The van der Waals surface area contributed by atoms with Crippen LogP contribution >= 0.6 is 11.8 Å². The molecule has 2 aliphatic rings. The molecule has 0 spiro atoms. The third-order valence-corrected chi connectivity index (χ3v) is 4.99. The summed E-state index contributed by atoms with van der Waals surface area (Å²) in [6, 6.07) is 0.0752. The molecule has 2 rings (SSSR count). The Labute approximate surface area is 109 Å². The van der Waals surface area contributed by atoms with E-state index in [4.69, 9.17) is 0 Å². The van der Waals surface area contributed by atoms with Crippen molar-refractivity contribution in [3.8, 4) is 0 Å². The average molecular weight is 256 g/mol. The van der Waals surface area contributed by atoms with Crippen LogP contribution < -0.4 is 5.32 Å². The Morgan fingerprint density at radius 3 is 2.41 bits per heavy atom. The standard InChI is InChI=1S/C13H24N2OS/c1-13(2,3)10-4-6-15(7-5-10)12(16)11-8-17-9-14-11/h10-11,14H,4-9H2,1-3H3. The zero-order valence-corrected chi connectivity index (χ0v) is 12.0. The van der Waals surface area contributed by atoms with Gasteiger partial charge in [0.05, 0.1) is 6.04 Å². The largest absolute Gasteiger partial charge is 0.341 e. The minimum Gasteiger partial charge on any atom is -0.341 e. The molecule has 1 unspecified atom stereocenters. The van der Waals surface area contributed by atoms with Crippen molar-refractivity contribution in [1.82, 2.24) is 10.2 Å². The molecule has 2 saturated heterocycles. The van der Waals surface area contributed by atoms with Crippen LogP contribution in [0.25, 0.3) is 0 Å². The first-order valence-electron chi connectivity index (χ1n) is 6.58. The number of nitrogens with zero attached hydrogens (tertiary/aromatic N) is 1. The van der Waals surface area contributed by atoms with Gasteiger partial charge in [-0.1, -0.05) is 20.8 Å². The Bertz CT molecular complexity index is 274. The first-order valence-corrected chi connectivity index (χ1v) is 7.74. The van der Waals surface area contributed by atoms with Gasteiger partial charge in [-0.2, -0.15) is 0 Å². The molecule has 17 heavy (non-hydrogen) atoms. The van der Waals surface area contributed by atoms with Crippen molar-refractivity contribution in [2.24, 2.45) is 11.3 Å². The molecule has 0 aromatic carbocycles.